The van der Waals surface area contributed by atoms with Crippen LogP contribution in [0.25, 0.3) is 11.1 Å². The van der Waals surface area contributed by atoms with Crippen LogP contribution in [0.3, 0.4) is 0 Å². The average molecular weight is 268 g/mol. The maximum absolute atomic E-state index is 11.3. The van der Waals surface area contributed by atoms with Crippen molar-refractivity contribution in [2.45, 2.75) is 19.3 Å². The molecular weight excluding hydrogens is 252 g/mol. The van der Waals surface area contributed by atoms with Crippen LogP contribution in [0.1, 0.15) is 29.8 Å². The Balaban J connectivity index is 2.16. The Labute approximate surface area is 117 Å². The SMILES string of the molecule is CC1(C)COc2ccc(-c3ccccc3C(=O)O)cc21. The summed E-state index contributed by atoms with van der Waals surface area (Å²) in [5.41, 5.74) is 3.08. The van der Waals surface area contributed by atoms with Crippen LogP contribution in [0.4, 0.5) is 0 Å². The second kappa shape index (κ2) is 4.37. The van der Waals surface area contributed by atoms with Crippen molar-refractivity contribution in [1.29, 1.82) is 0 Å². The molecule has 1 heterocycles. The number of ether oxygens (including phenoxy) is 1. The Morgan fingerprint density at radius 3 is 2.70 bits per heavy atom. The molecule has 1 aliphatic heterocycles. The highest BCUT2D eigenvalue weighted by atomic mass is 16.5. The van der Waals surface area contributed by atoms with Gasteiger partial charge in [-0.15, -0.1) is 0 Å². The van der Waals surface area contributed by atoms with E-state index in [-0.39, 0.29) is 5.41 Å². The topological polar surface area (TPSA) is 46.5 Å². The maximum atomic E-state index is 11.3. The molecule has 0 saturated carbocycles. The highest BCUT2D eigenvalue weighted by molar-refractivity contribution is 5.96. The van der Waals surface area contributed by atoms with Gasteiger partial charge in [0.1, 0.15) is 5.75 Å². The van der Waals surface area contributed by atoms with E-state index in [0.29, 0.717) is 12.2 Å². The summed E-state index contributed by atoms with van der Waals surface area (Å²) in [6.07, 6.45) is 0. The van der Waals surface area contributed by atoms with Crippen LogP contribution in [-0.4, -0.2) is 17.7 Å². The number of fused-ring (bicyclic) bond motifs is 1. The molecule has 0 fully saturated rings. The second-order valence-electron chi connectivity index (χ2n) is 5.73. The molecule has 0 amide bonds. The molecule has 3 heteroatoms. The van der Waals surface area contributed by atoms with E-state index in [1.165, 1.54) is 0 Å². The van der Waals surface area contributed by atoms with E-state index in [0.717, 1.165) is 22.4 Å². The fraction of sp³-hybridized carbons (Fsp3) is 0.235. The number of carboxylic acid groups (broad SMARTS) is 1. The normalized spacial score (nSPS) is 15.5. The average Bonchev–Trinajstić information content (AvgIpc) is 2.74. The zero-order valence-corrected chi connectivity index (χ0v) is 11.5. The van der Waals surface area contributed by atoms with Crippen molar-refractivity contribution < 1.29 is 14.6 Å². The molecule has 0 radical (unpaired) electrons. The van der Waals surface area contributed by atoms with Crippen molar-refractivity contribution in [3.63, 3.8) is 0 Å². The number of hydrogen-bond donors (Lipinski definition) is 1. The summed E-state index contributed by atoms with van der Waals surface area (Å²) in [6.45, 7) is 4.92. The molecule has 0 bridgehead atoms. The van der Waals surface area contributed by atoms with Gasteiger partial charge in [0.25, 0.3) is 0 Å². The van der Waals surface area contributed by atoms with E-state index in [2.05, 4.69) is 13.8 Å². The van der Waals surface area contributed by atoms with Crippen molar-refractivity contribution in [3.8, 4) is 16.9 Å². The summed E-state index contributed by atoms with van der Waals surface area (Å²) in [4.78, 5) is 11.3. The number of carbonyl (C=O) groups is 1. The van der Waals surface area contributed by atoms with Crippen molar-refractivity contribution in [3.05, 3.63) is 53.6 Å². The number of hydrogen-bond acceptors (Lipinski definition) is 2. The number of carboxylic acids is 1. The molecule has 0 aliphatic carbocycles. The molecule has 1 N–H and O–H groups in total. The van der Waals surface area contributed by atoms with Crippen LogP contribution in [0.5, 0.6) is 5.75 Å². The standard InChI is InChI=1S/C17H16O3/c1-17(2)10-20-15-8-7-11(9-14(15)17)12-5-3-4-6-13(12)16(18)19/h3-9H,10H2,1-2H3,(H,18,19). The van der Waals surface area contributed by atoms with Gasteiger partial charge in [-0.1, -0.05) is 38.1 Å². The molecule has 2 aromatic rings. The number of rotatable bonds is 2. The number of benzene rings is 2. The van der Waals surface area contributed by atoms with Crippen LogP contribution < -0.4 is 4.74 Å². The van der Waals surface area contributed by atoms with Gasteiger partial charge >= 0.3 is 5.97 Å². The van der Waals surface area contributed by atoms with E-state index < -0.39 is 5.97 Å². The third-order valence-corrected chi connectivity index (χ3v) is 3.77. The van der Waals surface area contributed by atoms with Gasteiger partial charge < -0.3 is 9.84 Å². The van der Waals surface area contributed by atoms with Crippen molar-refractivity contribution in [1.82, 2.24) is 0 Å². The molecule has 0 spiro atoms. The van der Waals surface area contributed by atoms with Crippen molar-refractivity contribution >= 4 is 5.97 Å². The second-order valence-corrected chi connectivity index (χ2v) is 5.73. The predicted molar refractivity (Wildman–Crippen MR) is 77.4 cm³/mol. The first kappa shape index (κ1) is 12.7. The summed E-state index contributed by atoms with van der Waals surface area (Å²) in [6, 6.07) is 13.0. The third-order valence-electron chi connectivity index (χ3n) is 3.77. The molecule has 102 valence electrons. The van der Waals surface area contributed by atoms with Crippen molar-refractivity contribution in [2.75, 3.05) is 6.61 Å². The first-order valence-corrected chi connectivity index (χ1v) is 6.59. The van der Waals surface area contributed by atoms with E-state index in [1.54, 1.807) is 12.1 Å². The number of aromatic carboxylic acids is 1. The predicted octanol–water partition coefficient (Wildman–Crippen LogP) is 3.72. The van der Waals surface area contributed by atoms with Crippen LogP contribution >= 0.6 is 0 Å². The van der Waals surface area contributed by atoms with Gasteiger partial charge in [-0.25, -0.2) is 4.79 Å². The molecule has 0 unspecified atom stereocenters. The van der Waals surface area contributed by atoms with E-state index >= 15 is 0 Å². The highest BCUT2D eigenvalue weighted by Crippen LogP contribution is 2.40. The lowest BCUT2D eigenvalue weighted by Gasteiger charge is -2.16. The fourth-order valence-corrected chi connectivity index (χ4v) is 2.61. The Morgan fingerprint density at radius 2 is 1.95 bits per heavy atom. The third kappa shape index (κ3) is 1.95. The van der Waals surface area contributed by atoms with Gasteiger partial charge in [0.05, 0.1) is 12.2 Å². The van der Waals surface area contributed by atoms with E-state index in [9.17, 15) is 9.90 Å². The zero-order chi connectivity index (χ0) is 14.3. The smallest absolute Gasteiger partial charge is 0.336 e. The molecule has 20 heavy (non-hydrogen) atoms. The minimum absolute atomic E-state index is 0.0382. The first-order chi connectivity index (χ1) is 9.49. The lowest BCUT2D eigenvalue weighted by Crippen LogP contribution is -2.18. The van der Waals surface area contributed by atoms with Gasteiger partial charge in [-0.2, -0.15) is 0 Å². The molecule has 0 atom stereocenters. The molecule has 0 aromatic heterocycles. The zero-order valence-electron chi connectivity index (χ0n) is 11.5. The summed E-state index contributed by atoms with van der Waals surface area (Å²) in [7, 11) is 0. The van der Waals surface area contributed by atoms with Crippen LogP contribution in [0, 0.1) is 0 Å². The minimum Gasteiger partial charge on any atom is -0.492 e. The van der Waals surface area contributed by atoms with Crippen LogP contribution in [-0.2, 0) is 5.41 Å². The quantitative estimate of drug-likeness (QED) is 0.902. The van der Waals surface area contributed by atoms with Gasteiger partial charge in [-0.3, -0.25) is 0 Å². The Kier molecular flexibility index (Phi) is 2.78. The molecule has 0 saturated heterocycles. The Hall–Kier alpha value is -2.29. The first-order valence-electron chi connectivity index (χ1n) is 6.59. The van der Waals surface area contributed by atoms with Gasteiger partial charge in [-0.05, 0) is 29.3 Å². The van der Waals surface area contributed by atoms with Crippen LogP contribution in [0.2, 0.25) is 0 Å². The minimum atomic E-state index is -0.906. The molecule has 2 aromatic carbocycles. The van der Waals surface area contributed by atoms with E-state index in [1.807, 2.05) is 30.3 Å². The van der Waals surface area contributed by atoms with Gasteiger partial charge in [0.15, 0.2) is 0 Å². The maximum Gasteiger partial charge on any atom is 0.336 e. The summed E-state index contributed by atoms with van der Waals surface area (Å²) in [5.74, 6) is -0.0110. The van der Waals surface area contributed by atoms with Crippen molar-refractivity contribution in [2.24, 2.45) is 0 Å². The molecule has 1 aliphatic rings. The summed E-state index contributed by atoms with van der Waals surface area (Å²) in [5, 5.41) is 9.30. The Morgan fingerprint density at radius 1 is 1.20 bits per heavy atom. The molecule has 3 rings (SSSR count). The molecular formula is C17H16O3. The highest BCUT2D eigenvalue weighted by Gasteiger charge is 2.32. The van der Waals surface area contributed by atoms with Crippen LogP contribution in [0.15, 0.2) is 42.5 Å². The lowest BCUT2D eigenvalue weighted by atomic mass is 9.85. The van der Waals surface area contributed by atoms with Gasteiger partial charge in [0.2, 0.25) is 0 Å². The fourth-order valence-electron chi connectivity index (χ4n) is 2.61. The largest absolute Gasteiger partial charge is 0.492 e. The molecule has 3 nitrogen and oxygen atoms in total. The lowest BCUT2D eigenvalue weighted by molar-refractivity contribution is 0.0697. The summed E-state index contributed by atoms with van der Waals surface area (Å²) < 4.78 is 5.67. The van der Waals surface area contributed by atoms with Gasteiger partial charge in [0, 0.05) is 11.0 Å². The monoisotopic (exact) mass is 268 g/mol. The van der Waals surface area contributed by atoms with E-state index in [4.69, 9.17) is 4.74 Å². The Bertz CT molecular complexity index is 686. The summed E-state index contributed by atoms with van der Waals surface area (Å²) >= 11 is 0.